The monoisotopic (exact) mass is 645 g/mol. The van der Waals surface area contributed by atoms with Crippen molar-refractivity contribution in [1.29, 1.82) is 5.26 Å². The van der Waals surface area contributed by atoms with Crippen LogP contribution in [0.3, 0.4) is 0 Å². The molecule has 3 N–H and O–H groups in total. The molecule has 2 fully saturated rings. The van der Waals surface area contributed by atoms with Crippen LogP contribution in [0.1, 0.15) is 92.2 Å². The van der Waals surface area contributed by atoms with Gasteiger partial charge < -0.3 is 25.2 Å². The van der Waals surface area contributed by atoms with Crippen molar-refractivity contribution >= 4 is 33.2 Å². The second-order valence-electron chi connectivity index (χ2n) is 14.2. The summed E-state index contributed by atoms with van der Waals surface area (Å²) in [6.45, 7) is 5.24. The van der Waals surface area contributed by atoms with E-state index in [2.05, 4.69) is 30.1 Å². The molecule has 0 unspecified atom stereocenters. The van der Waals surface area contributed by atoms with Crippen LogP contribution in [0.25, 0.3) is 22.6 Å². The van der Waals surface area contributed by atoms with Crippen LogP contribution in [0, 0.1) is 11.3 Å². The first-order valence-electron chi connectivity index (χ1n) is 16.5. The van der Waals surface area contributed by atoms with Gasteiger partial charge in [-0.25, -0.2) is 19.0 Å². The van der Waals surface area contributed by atoms with Crippen molar-refractivity contribution in [3.8, 4) is 17.6 Å². The van der Waals surface area contributed by atoms with Crippen LogP contribution < -0.4 is 10.6 Å². The van der Waals surface area contributed by atoms with E-state index in [-0.39, 0.29) is 25.6 Å². The van der Waals surface area contributed by atoms with E-state index in [1.807, 2.05) is 9.58 Å². The van der Waals surface area contributed by atoms with E-state index in [9.17, 15) is 10.4 Å². The van der Waals surface area contributed by atoms with E-state index >= 15 is 4.39 Å². The minimum Gasteiger partial charge on any atom is -0.389 e. The predicted molar refractivity (Wildman–Crippen MR) is 174 cm³/mol. The Morgan fingerprint density at radius 2 is 2.04 bits per heavy atom. The number of piperidine rings is 1. The molecule has 2 aliphatic heterocycles. The first-order chi connectivity index (χ1) is 22.1. The van der Waals surface area contributed by atoms with Gasteiger partial charge in [0.1, 0.15) is 23.1 Å². The van der Waals surface area contributed by atoms with Gasteiger partial charge in [0.2, 0.25) is 0 Å². The summed E-state index contributed by atoms with van der Waals surface area (Å²) in [7, 11) is 2.15. The van der Waals surface area contributed by atoms with Crippen LogP contribution in [0.15, 0.2) is 10.7 Å². The van der Waals surface area contributed by atoms with Gasteiger partial charge in [0.05, 0.1) is 40.7 Å². The Kier molecular flexibility index (Phi) is 6.94. The van der Waals surface area contributed by atoms with Gasteiger partial charge in [-0.2, -0.15) is 10.4 Å². The maximum Gasteiger partial charge on any atom is 0.186 e. The molecule has 1 spiro atoms. The summed E-state index contributed by atoms with van der Waals surface area (Å²) in [4.78, 5) is 15.5. The number of nitrogens with two attached hydrogens (primary N) is 1. The number of nitrogen functional groups attached to an aromatic ring is 1. The molecule has 0 radical (unpaired) electrons. The Balaban J connectivity index is 1.30. The number of aryl methyl sites for hydroxylation is 1. The minimum absolute atomic E-state index is 0.0441. The Morgan fingerprint density at radius 1 is 1.24 bits per heavy atom. The van der Waals surface area contributed by atoms with Crippen LogP contribution in [0.2, 0.25) is 0 Å². The van der Waals surface area contributed by atoms with Crippen LogP contribution in [-0.4, -0.2) is 79.4 Å². The molecule has 4 aromatic rings. The molecule has 0 amide bonds. The van der Waals surface area contributed by atoms with Crippen molar-refractivity contribution in [1.82, 2.24) is 29.8 Å². The van der Waals surface area contributed by atoms with Crippen molar-refractivity contribution in [3.63, 3.8) is 0 Å². The molecule has 46 heavy (non-hydrogen) atoms. The maximum absolute atomic E-state index is 15.1. The number of alkyl halides is 1. The van der Waals surface area contributed by atoms with Crippen LogP contribution in [0.5, 0.6) is 0 Å². The fourth-order valence-corrected chi connectivity index (χ4v) is 10.1. The van der Waals surface area contributed by atoms with Gasteiger partial charge in [-0.1, -0.05) is 5.16 Å². The average Bonchev–Trinajstić information content (AvgIpc) is 3.80. The molecule has 242 valence electrons. The van der Waals surface area contributed by atoms with Crippen LogP contribution in [0.4, 0.5) is 15.2 Å². The molecule has 8 rings (SSSR count). The topological polar surface area (TPSA) is 146 Å². The number of fused-ring (bicyclic) bond motifs is 5. The van der Waals surface area contributed by atoms with E-state index in [1.165, 1.54) is 16.2 Å². The lowest BCUT2D eigenvalue weighted by Crippen LogP contribution is -2.51. The molecule has 13 heteroatoms. The van der Waals surface area contributed by atoms with Gasteiger partial charge in [-0.15, -0.1) is 11.3 Å². The number of rotatable bonds is 4. The van der Waals surface area contributed by atoms with Gasteiger partial charge in [-0.05, 0) is 84.4 Å². The highest BCUT2D eigenvalue weighted by molar-refractivity contribution is 7.16. The van der Waals surface area contributed by atoms with E-state index in [0.717, 1.165) is 80.2 Å². The van der Waals surface area contributed by atoms with Gasteiger partial charge in [-0.3, -0.25) is 0 Å². The molecule has 5 atom stereocenters. The molecule has 0 bridgehead atoms. The average molecular weight is 646 g/mol. The van der Waals surface area contributed by atoms with Crippen molar-refractivity contribution in [2.45, 2.75) is 101 Å². The molecule has 11 nitrogen and oxygen atoms in total. The zero-order valence-electron chi connectivity index (χ0n) is 26.6. The number of hydrogen-bond donors (Lipinski definition) is 2. The number of aromatic nitrogens is 5. The Bertz CT molecular complexity index is 1870. The number of anilines is 2. The van der Waals surface area contributed by atoms with Crippen molar-refractivity contribution < 1.29 is 14.0 Å². The van der Waals surface area contributed by atoms with E-state index in [1.54, 1.807) is 13.1 Å². The van der Waals surface area contributed by atoms with Crippen molar-refractivity contribution in [2.75, 3.05) is 37.3 Å². The van der Waals surface area contributed by atoms with E-state index < -0.39 is 17.2 Å². The van der Waals surface area contributed by atoms with E-state index in [0.29, 0.717) is 39.6 Å². The number of thiophene rings is 1. The molecule has 0 aromatic carbocycles. The molecule has 2 aliphatic carbocycles. The lowest BCUT2D eigenvalue weighted by molar-refractivity contribution is 0.0165. The first kappa shape index (κ1) is 29.8. The van der Waals surface area contributed by atoms with Gasteiger partial charge in [0, 0.05) is 29.4 Å². The largest absolute Gasteiger partial charge is 0.389 e. The molecule has 2 saturated heterocycles. The second-order valence-corrected chi connectivity index (χ2v) is 15.3. The second kappa shape index (κ2) is 10.7. The highest BCUT2D eigenvalue weighted by atomic mass is 32.1. The third-order valence-corrected chi connectivity index (χ3v) is 12.0. The molecular formula is C33H40FN9O2S. The number of aliphatic hydroxyl groups is 1. The molecule has 6 heterocycles. The SMILES string of the molecule is C[C@@H]([C@@H]1CCCN1C)n1ncc2c(N3C[C@@H](F)C[C@@](C)(O)C3)nc(-c3noc4c3CCC[C@@]43CCCc4sc(N)c(C#N)c43)nc21. The fraction of sp³-hybridized carbons (Fsp3) is 0.606. The maximum atomic E-state index is 15.1. The van der Waals surface area contributed by atoms with Crippen LogP contribution >= 0.6 is 11.3 Å². The third kappa shape index (κ3) is 4.47. The van der Waals surface area contributed by atoms with Crippen LogP contribution in [-0.2, 0) is 18.3 Å². The highest BCUT2D eigenvalue weighted by Gasteiger charge is 2.49. The summed E-state index contributed by atoms with van der Waals surface area (Å²) in [5.41, 5.74) is 8.47. The first-order valence-corrected chi connectivity index (χ1v) is 17.3. The van der Waals surface area contributed by atoms with Crippen molar-refractivity contribution in [2.24, 2.45) is 0 Å². The lowest BCUT2D eigenvalue weighted by atomic mass is 9.63. The number of β-amino-alcohol motifs (C(OH)–C–C–N with tert-alkyl or cyclic N) is 1. The van der Waals surface area contributed by atoms with E-state index in [4.69, 9.17) is 25.3 Å². The molecular weight excluding hydrogens is 605 g/mol. The summed E-state index contributed by atoms with van der Waals surface area (Å²) in [6.07, 6.45) is 8.10. The Morgan fingerprint density at radius 3 is 2.78 bits per heavy atom. The summed E-state index contributed by atoms with van der Waals surface area (Å²) in [6, 6.07) is 2.74. The number of hydrogen-bond acceptors (Lipinski definition) is 11. The molecule has 0 saturated carbocycles. The summed E-state index contributed by atoms with van der Waals surface area (Å²) >= 11 is 1.52. The number of halogens is 1. The Hall–Kier alpha value is -3.60. The standard InChI is InChI=1S/C33H40FN9O2S/c1-18(23-8-6-12-41(23)3)43-31-22(15-37-43)30(42-16-19(34)13-32(2,44)17-42)38-29(39-31)26-20-7-4-10-33(27(20)45-40-26)11-5-9-24-25(33)21(14-35)28(36)46-24/h15,18-19,23,44H,4-13,16-17,36H2,1-3H3/t18-,19-,23-,32+,33-/m0/s1. The number of nitriles is 1. The third-order valence-electron chi connectivity index (χ3n) is 10.9. The summed E-state index contributed by atoms with van der Waals surface area (Å²) in [5.74, 6) is 1.73. The Labute approximate surface area is 271 Å². The normalized spacial score (nSPS) is 28.8. The van der Waals surface area contributed by atoms with Gasteiger partial charge in [0.15, 0.2) is 22.9 Å². The smallest absolute Gasteiger partial charge is 0.186 e. The fourth-order valence-electron chi connectivity index (χ4n) is 8.96. The predicted octanol–water partition coefficient (Wildman–Crippen LogP) is 4.91. The molecule has 4 aliphatic rings. The number of nitrogens with zero attached hydrogens (tertiary/aromatic N) is 8. The summed E-state index contributed by atoms with van der Waals surface area (Å²) in [5, 5.41) is 31.9. The number of likely N-dealkylation sites (N-methyl/N-ethyl adjacent to an activating group) is 1. The highest BCUT2D eigenvalue weighted by Crippen LogP contribution is 2.55. The minimum atomic E-state index is -1.20. The quantitative estimate of drug-likeness (QED) is 0.314. The van der Waals surface area contributed by atoms with Gasteiger partial charge >= 0.3 is 0 Å². The van der Waals surface area contributed by atoms with Gasteiger partial charge in [0.25, 0.3) is 0 Å². The zero-order chi connectivity index (χ0) is 32.0. The summed E-state index contributed by atoms with van der Waals surface area (Å²) < 4.78 is 23.3. The van der Waals surface area contributed by atoms with Crippen molar-refractivity contribution in [3.05, 3.63) is 33.5 Å². The molecule has 4 aromatic heterocycles. The lowest BCUT2D eigenvalue weighted by Gasteiger charge is -2.39. The zero-order valence-corrected chi connectivity index (χ0v) is 27.4. The number of likely N-dealkylation sites (tertiary alicyclic amines) is 1.